The fraction of sp³-hybridized carbons (Fsp3) is 0.222. The van der Waals surface area contributed by atoms with Crippen molar-refractivity contribution in [3.63, 3.8) is 0 Å². The standard InChI is InChI=1S/C18H21N3O4S/c1-14(22)19-16-9-6-10-17(13-16)21(26(2,24)25)12-11-18(23)20-15-7-4-3-5-8-15/h3-10,13H,11-12H2,1-2H3,(H,19,22)(H,20,23). The highest BCUT2D eigenvalue weighted by molar-refractivity contribution is 7.92. The van der Waals surface area contributed by atoms with E-state index in [1.807, 2.05) is 6.07 Å². The van der Waals surface area contributed by atoms with E-state index >= 15 is 0 Å². The molecule has 0 radical (unpaired) electrons. The maximum atomic E-state index is 12.1. The van der Waals surface area contributed by atoms with Crippen molar-refractivity contribution in [3.8, 4) is 0 Å². The van der Waals surface area contributed by atoms with Crippen LogP contribution in [0.4, 0.5) is 17.1 Å². The molecule has 0 unspecified atom stereocenters. The molecule has 0 saturated heterocycles. The van der Waals surface area contributed by atoms with Crippen molar-refractivity contribution in [1.29, 1.82) is 0 Å². The largest absolute Gasteiger partial charge is 0.326 e. The summed E-state index contributed by atoms with van der Waals surface area (Å²) in [5.41, 5.74) is 1.51. The van der Waals surface area contributed by atoms with Crippen LogP contribution < -0.4 is 14.9 Å². The van der Waals surface area contributed by atoms with E-state index in [2.05, 4.69) is 10.6 Å². The fourth-order valence-corrected chi connectivity index (χ4v) is 3.30. The van der Waals surface area contributed by atoms with E-state index in [-0.39, 0.29) is 24.8 Å². The van der Waals surface area contributed by atoms with Gasteiger partial charge in [0.2, 0.25) is 21.8 Å². The third-order valence-electron chi connectivity index (χ3n) is 3.45. The van der Waals surface area contributed by atoms with Crippen LogP contribution in [0.1, 0.15) is 13.3 Å². The molecule has 0 aliphatic carbocycles. The summed E-state index contributed by atoms with van der Waals surface area (Å²) in [6.45, 7) is 1.36. The van der Waals surface area contributed by atoms with Gasteiger partial charge in [-0.3, -0.25) is 13.9 Å². The molecule has 0 fully saturated rings. The van der Waals surface area contributed by atoms with Crippen molar-refractivity contribution < 1.29 is 18.0 Å². The first-order valence-corrected chi connectivity index (χ1v) is 9.81. The second-order valence-electron chi connectivity index (χ2n) is 5.73. The number of anilines is 3. The lowest BCUT2D eigenvalue weighted by Crippen LogP contribution is -2.33. The monoisotopic (exact) mass is 375 g/mol. The van der Waals surface area contributed by atoms with E-state index in [4.69, 9.17) is 0 Å². The molecule has 2 aromatic carbocycles. The summed E-state index contributed by atoms with van der Waals surface area (Å²) in [5, 5.41) is 5.33. The highest BCUT2D eigenvalue weighted by Gasteiger charge is 2.19. The van der Waals surface area contributed by atoms with Crippen molar-refractivity contribution in [2.24, 2.45) is 0 Å². The van der Waals surface area contributed by atoms with E-state index in [0.29, 0.717) is 17.1 Å². The third-order valence-corrected chi connectivity index (χ3v) is 4.65. The Labute approximate surface area is 153 Å². The molecule has 0 aliphatic heterocycles. The van der Waals surface area contributed by atoms with Gasteiger partial charge in [0.25, 0.3) is 0 Å². The van der Waals surface area contributed by atoms with Crippen LogP contribution >= 0.6 is 0 Å². The average molecular weight is 375 g/mol. The van der Waals surface area contributed by atoms with Crippen LogP contribution in [0.25, 0.3) is 0 Å². The number of nitrogens with one attached hydrogen (secondary N) is 2. The minimum absolute atomic E-state index is 0.00761. The minimum atomic E-state index is -3.59. The number of para-hydroxylation sites is 1. The molecule has 0 aliphatic rings. The number of benzene rings is 2. The van der Waals surface area contributed by atoms with E-state index in [9.17, 15) is 18.0 Å². The molecule has 0 heterocycles. The summed E-state index contributed by atoms with van der Waals surface area (Å²) in [7, 11) is -3.59. The number of hydrogen-bond donors (Lipinski definition) is 2. The van der Waals surface area contributed by atoms with Crippen molar-refractivity contribution in [3.05, 3.63) is 54.6 Å². The molecule has 0 atom stereocenters. The second kappa shape index (κ2) is 8.48. The summed E-state index contributed by atoms with van der Waals surface area (Å²) in [4.78, 5) is 23.3. The Balaban J connectivity index is 2.11. The van der Waals surface area contributed by atoms with Gasteiger partial charge in [-0.15, -0.1) is 0 Å². The molecule has 0 saturated carbocycles. The van der Waals surface area contributed by atoms with Gasteiger partial charge in [-0.25, -0.2) is 8.42 Å². The van der Waals surface area contributed by atoms with Gasteiger partial charge in [0.1, 0.15) is 0 Å². The molecule has 26 heavy (non-hydrogen) atoms. The molecular weight excluding hydrogens is 354 g/mol. The Hall–Kier alpha value is -2.87. The third kappa shape index (κ3) is 5.89. The maximum absolute atomic E-state index is 12.1. The fourth-order valence-electron chi connectivity index (χ4n) is 2.38. The number of rotatable bonds is 7. The highest BCUT2D eigenvalue weighted by Crippen LogP contribution is 2.22. The molecule has 2 rings (SSSR count). The average Bonchev–Trinajstić information content (AvgIpc) is 2.54. The lowest BCUT2D eigenvalue weighted by atomic mass is 10.2. The number of amides is 2. The lowest BCUT2D eigenvalue weighted by Gasteiger charge is -2.22. The van der Waals surface area contributed by atoms with Crippen LogP contribution in [0, 0.1) is 0 Å². The van der Waals surface area contributed by atoms with Gasteiger partial charge in [-0.05, 0) is 30.3 Å². The van der Waals surface area contributed by atoms with E-state index < -0.39 is 10.0 Å². The van der Waals surface area contributed by atoms with Crippen LogP contribution in [0.15, 0.2) is 54.6 Å². The van der Waals surface area contributed by atoms with Gasteiger partial charge in [0.15, 0.2) is 0 Å². The molecule has 8 heteroatoms. The summed E-state index contributed by atoms with van der Waals surface area (Å²) < 4.78 is 25.4. The molecule has 138 valence electrons. The predicted molar refractivity (Wildman–Crippen MR) is 103 cm³/mol. The molecule has 0 spiro atoms. The van der Waals surface area contributed by atoms with Gasteiger partial charge in [-0.2, -0.15) is 0 Å². The number of hydrogen-bond acceptors (Lipinski definition) is 4. The highest BCUT2D eigenvalue weighted by atomic mass is 32.2. The van der Waals surface area contributed by atoms with Gasteiger partial charge in [0, 0.05) is 31.3 Å². The number of carbonyl (C=O) groups excluding carboxylic acids is 2. The summed E-state index contributed by atoms with van der Waals surface area (Å²) in [6.07, 6.45) is 1.07. The Morgan fingerprint density at radius 2 is 1.62 bits per heavy atom. The second-order valence-corrected chi connectivity index (χ2v) is 7.64. The normalized spacial score (nSPS) is 10.8. The Bertz CT molecular complexity index is 882. The quantitative estimate of drug-likeness (QED) is 0.777. The first-order chi connectivity index (χ1) is 12.3. The van der Waals surface area contributed by atoms with Crippen LogP contribution in [0.5, 0.6) is 0 Å². The van der Waals surface area contributed by atoms with Crippen LogP contribution in [-0.4, -0.2) is 33.0 Å². The minimum Gasteiger partial charge on any atom is -0.326 e. The molecule has 2 aromatic rings. The van der Waals surface area contributed by atoms with Crippen molar-refractivity contribution in [1.82, 2.24) is 0 Å². The number of carbonyl (C=O) groups is 2. The van der Waals surface area contributed by atoms with Gasteiger partial charge >= 0.3 is 0 Å². The summed E-state index contributed by atoms with van der Waals surface area (Å²) >= 11 is 0. The maximum Gasteiger partial charge on any atom is 0.232 e. The lowest BCUT2D eigenvalue weighted by molar-refractivity contribution is -0.116. The van der Waals surface area contributed by atoms with E-state index in [1.165, 1.54) is 6.92 Å². The van der Waals surface area contributed by atoms with Gasteiger partial charge in [-0.1, -0.05) is 24.3 Å². The molecular formula is C18H21N3O4S. The Morgan fingerprint density at radius 1 is 0.962 bits per heavy atom. The van der Waals surface area contributed by atoms with Crippen LogP contribution in [-0.2, 0) is 19.6 Å². The van der Waals surface area contributed by atoms with Crippen LogP contribution in [0.3, 0.4) is 0 Å². The van der Waals surface area contributed by atoms with Gasteiger partial charge < -0.3 is 10.6 Å². The Morgan fingerprint density at radius 3 is 2.23 bits per heavy atom. The smallest absolute Gasteiger partial charge is 0.232 e. The molecule has 2 amide bonds. The Kier molecular flexibility index (Phi) is 6.35. The summed E-state index contributed by atoms with van der Waals surface area (Å²) in [5.74, 6) is -0.543. The number of nitrogens with zero attached hydrogens (tertiary/aromatic N) is 1. The molecule has 0 bridgehead atoms. The topological polar surface area (TPSA) is 95.6 Å². The van der Waals surface area contributed by atoms with Crippen LogP contribution in [0.2, 0.25) is 0 Å². The summed E-state index contributed by atoms with van der Waals surface area (Å²) in [6, 6.07) is 15.4. The van der Waals surface area contributed by atoms with E-state index in [0.717, 1.165) is 10.6 Å². The van der Waals surface area contributed by atoms with Crippen molar-refractivity contribution >= 4 is 38.9 Å². The van der Waals surface area contributed by atoms with E-state index in [1.54, 1.807) is 48.5 Å². The van der Waals surface area contributed by atoms with Crippen molar-refractivity contribution in [2.45, 2.75) is 13.3 Å². The van der Waals surface area contributed by atoms with Crippen molar-refractivity contribution in [2.75, 3.05) is 27.7 Å². The zero-order chi connectivity index (χ0) is 19.2. The predicted octanol–water partition coefficient (Wildman–Crippen LogP) is 2.44. The first kappa shape index (κ1) is 19.5. The van der Waals surface area contributed by atoms with Gasteiger partial charge in [0.05, 0.1) is 11.9 Å². The molecule has 2 N–H and O–H groups in total. The zero-order valence-corrected chi connectivity index (χ0v) is 15.4. The SMILES string of the molecule is CC(=O)Nc1cccc(N(CCC(=O)Nc2ccccc2)S(C)(=O)=O)c1. The first-order valence-electron chi connectivity index (χ1n) is 7.96. The molecule has 0 aromatic heterocycles. The zero-order valence-electron chi connectivity index (χ0n) is 14.6. The molecule has 7 nitrogen and oxygen atoms in total. The number of sulfonamides is 1.